The second kappa shape index (κ2) is 14.7. The van der Waals surface area contributed by atoms with Crippen LogP contribution in [0.1, 0.15) is 50.8 Å². The van der Waals surface area contributed by atoms with Crippen LogP contribution < -0.4 is 23.8 Å². The van der Waals surface area contributed by atoms with Crippen molar-refractivity contribution in [1.82, 2.24) is 10.2 Å². The van der Waals surface area contributed by atoms with Gasteiger partial charge in [-0.25, -0.2) is 8.42 Å². The highest BCUT2D eigenvalue weighted by atomic mass is 32.2. The molecule has 244 valence electrons. The van der Waals surface area contributed by atoms with E-state index in [-0.39, 0.29) is 23.1 Å². The lowest BCUT2D eigenvalue weighted by Crippen LogP contribution is -2.55. The van der Waals surface area contributed by atoms with Crippen molar-refractivity contribution in [1.29, 1.82) is 0 Å². The molecule has 0 saturated carbocycles. The van der Waals surface area contributed by atoms with Gasteiger partial charge in [-0.2, -0.15) is 0 Å². The molecule has 0 heterocycles. The zero-order valence-electron chi connectivity index (χ0n) is 27.6. The van der Waals surface area contributed by atoms with Gasteiger partial charge in [0.05, 0.1) is 31.9 Å². The molecule has 11 heteroatoms. The van der Waals surface area contributed by atoms with Crippen molar-refractivity contribution in [2.45, 2.75) is 71.0 Å². The van der Waals surface area contributed by atoms with E-state index >= 15 is 0 Å². The summed E-state index contributed by atoms with van der Waals surface area (Å²) in [5.74, 6) is 0.386. The lowest BCUT2D eigenvalue weighted by atomic mass is 10.1. The first-order valence-corrected chi connectivity index (χ1v) is 16.1. The van der Waals surface area contributed by atoms with E-state index in [1.54, 1.807) is 31.4 Å². The van der Waals surface area contributed by atoms with Crippen LogP contribution in [0.3, 0.4) is 0 Å². The third-order valence-corrected chi connectivity index (χ3v) is 8.88. The highest BCUT2D eigenvalue weighted by molar-refractivity contribution is 7.92. The number of methoxy groups -OCH3 is 3. The van der Waals surface area contributed by atoms with Crippen LogP contribution >= 0.6 is 0 Å². The van der Waals surface area contributed by atoms with Gasteiger partial charge < -0.3 is 24.4 Å². The molecule has 0 aliphatic rings. The highest BCUT2D eigenvalue weighted by Gasteiger charge is 2.35. The van der Waals surface area contributed by atoms with Gasteiger partial charge in [0, 0.05) is 18.2 Å². The molecule has 0 aliphatic heterocycles. The molecule has 0 aliphatic carbocycles. The molecule has 0 spiro atoms. The minimum Gasteiger partial charge on any atom is -0.497 e. The van der Waals surface area contributed by atoms with Crippen molar-refractivity contribution in [3.8, 4) is 17.2 Å². The number of nitrogens with one attached hydrogen (secondary N) is 1. The second-order valence-corrected chi connectivity index (χ2v) is 13.8. The van der Waals surface area contributed by atoms with Crippen molar-refractivity contribution < 1.29 is 32.2 Å². The largest absolute Gasteiger partial charge is 0.497 e. The third-order valence-electron chi connectivity index (χ3n) is 7.11. The Balaban J connectivity index is 2.14. The van der Waals surface area contributed by atoms with Gasteiger partial charge in [0.25, 0.3) is 10.0 Å². The summed E-state index contributed by atoms with van der Waals surface area (Å²) < 4.78 is 45.7. The molecule has 0 unspecified atom stereocenters. The monoisotopic (exact) mass is 639 g/mol. The number of sulfonamides is 1. The van der Waals surface area contributed by atoms with Gasteiger partial charge in [-0.05, 0) is 94.1 Å². The number of nitrogens with zero attached hydrogens (tertiary/aromatic N) is 2. The van der Waals surface area contributed by atoms with Crippen LogP contribution in [0.4, 0.5) is 5.69 Å². The lowest BCUT2D eigenvalue weighted by Gasteiger charge is -2.35. The number of carbonyl (C=O) groups is 2. The van der Waals surface area contributed by atoms with Crippen LogP contribution in [0.5, 0.6) is 17.2 Å². The summed E-state index contributed by atoms with van der Waals surface area (Å²) in [4.78, 5) is 29.3. The SMILES string of the molecule is CC[C@H](C(=O)NC(C)(C)C)N(Cc1ccc(OC)cc1)C(=O)CN(c1cc(C)cc(C)c1)S(=O)(=O)c1ccc(OC)c(OC)c1. The van der Waals surface area contributed by atoms with Crippen LogP contribution in [0, 0.1) is 13.8 Å². The molecule has 10 nitrogen and oxygen atoms in total. The van der Waals surface area contributed by atoms with Crippen molar-refractivity contribution in [3.63, 3.8) is 0 Å². The van der Waals surface area contributed by atoms with E-state index in [1.165, 1.54) is 37.3 Å². The Morgan fingerprint density at radius 3 is 1.96 bits per heavy atom. The van der Waals surface area contributed by atoms with E-state index in [1.807, 2.05) is 59.7 Å². The Bertz CT molecular complexity index is 1580. The molecular weight excluding hydrogens is 594 g/mol. The number of anilines is 1. The summed E-state index contributed by atoms with van der Waals surface area (Å²) in [7, 11) is 0.144. The standard InChI is InChI=1S/C34H45N3O7S/c1-10-29(33(39)35-34(4,5)6)36(21-25-11-13-27(42-7)14-12-25)32(38)22-37(26-18-23(2)17-24(3)19-26)45(40,41)28-15-16-30(43-8)31(20-28)44-9/h11-20,29H,10,21-22H2,1-9H3,(H,35,39)/t29-/m1/s1. The first kappa shape index (κ1) is 35.2. The van der Waals surface area contributed by atoms with Gasteiger partial charge in [-0.3, -0.25) is 13.9 Å². The summed E-state index contributed by atoms with van der Waals surface area (Å²) in [6, 6.07) is 16.0. The van der Waals surface area contributed by atoms with Crippen molar-refractivity contribution in [3.05, 3.63) is 77.4 Å². The molecule has 3 aromatic carbocycles. The number of rotatable bonds is 13. The summed E-state index contributed by atoms with van der Waals surface area (Å²) in [5.41, 5.74) is 2.20. The Morgan fingerprint density at radius 1 is 0.844 bits per heavy atom. The zero-order chi connectivity index (χ0) is 33.5. The highest BCUT2D eigenvalue weighted by Crippen LogP contribution is 2.33. The molecule has 0 aromatic heterocycles. The number of ether oxygens (including phenoxy) is 3. The van der Waals surface area contributed by atoms with E-state index in [9.17, 15) is 18.0 Å². The van der Waals surface area contributed by atoms with Crippen LogP contribution in [0.15, 0.2) is 65.6 Å². The average Bonchev–Trinajstić information content (AvgIpc) is 2.98. The molecule has 2 amide bonds. The van der Waals surface area contributed by atoms with Crippen molar-refractivity contribution >= 4 is 27.5 Å². The number of hydrogen-bond acceptors (Lipinski definition) is 7. The minimum atomic E-state index is -4.30. The smallest absolute Gasteiger partial charge is 0.264 e. The zero-order valence-corrected chi connectivity index (χ0v) is 28.4. The minimum absolute atomic E-state index is 0.0775. The van der Waals surface area contributed by atoms with Gasteiger partial charge >= 0.3 is 0 Å². The summed E-state index contributed by atoms with van der Waals surface area (Å²) in [6.07, 6.45) is 0.315. The average molecular weight is 640 g/mol. The topological polar surface area (TPSA) is 114 Å². The van der Waals surface area contributed by atoms with Crippen LogP contribution in [-0.4, -0.2) is 64.6 Å². The second-order valence-electron chi connectivity index (χ2n) is 11.9. The van der Waals surface area contributed by atoms with E-state index in [0.717, 1.165) is 21.0 Å². The molecule has 0 radical (unpaired) electrons. The van der Waals surface area contributed by atoms with Crippen LogP contribution in [-0.2, 0) is 26.2 Å². The maximum absolute atomic E-state index is 14.4. The van der Waals surface area contributed by atoms with E-state index < -0.39 is 34.1 Å². The predicted molar refractivity (Wildman–Crippen MR) is 176 cm³/mol. The molecule has 1 N–H and O–H groups in total. The van der Waals surface area contributed by atoms with Crippen LogP contribution in [0.2, 0.25) is 0 Å². The number of benzene rings is 3. The number of amides is 2. The molecule has 0 bridgehead atoms. The molecule has 0 saturated heterocycles. The van der Waals surface area contributed by atoms with E-state index in [2.05, 4.69) is 5.32 Å². The first-order valence-electron chi connectivity index (χ1n) is 14.7. The molecular formula is C34H45N3O7S. The molecule has 1 atom stereocenters. The third kappa shape index (κ3) is 8.91. The van der Waals surface area contributed by atoms with Gasteiger partial charge in [-0.1, -0.05) is 25.1 Å². The fourth-order valence-electron chi connectivity index (χ4n) is 5.03. The lowest BCUT2D eigenvalue weighted by molar-refractivity contribution is -0.141. The quantitative estimate of drug-likeness (QED) is 0.272. The maximum atomic E-state index is 14.4. The number of aryl methyl sites for hydroxylation is 2. The molecule has 45 heavy (non-hydrogen) atoms. The molecule has 3 aromatic rings. The predicted octanol–water partition coefficient (Wildman–Crippen LogP) is 5.25. The summed E-state index contributed by atoms with van der Waals surface area (Å²) in [6.45, 7) is 10.7. The summed E-state index contributed by atoms with van der Waals surface area (Å²) in [5, 5.41) is 2.98. The Hall–Kier alpha value is -4.25. The fourth-order valence-corrected chi connectivity index (χ4v) is 6.44. The Labute approximate surface area is 267 Å². The Kier molecular flexibility index (Phi) is 11.5. The van der Waals surface area contributed by atoms with Crippen LogP contribution in [0.25, 0.3) is 0 Å². The van der Waals surface area contributed by atoms with E-state index in [4.69, 9.17) is 14.2 Å². The maximum Gasteiger partial charge on any atom is 0.264 e. The number of hydrogen-bond donors (Lipinski definition) is 1. The van der Waals surface area contributed by atoms with Gasteiger partial charge in [0.15, 0.2) is 11.5 Å². The Morgan fingerprint density at radius 2 is 1.44 bits per heavy atom. The summed E-state index contributed by atoms with van der Waals surface area (Å²) >= 11 is 0. The van der Waals surface area contributed by atoms with E-state index in [0.29, 0.717) is 23.6 Å². The van der Waals surface area contributed by atoms with Gasteiger partial charge in [0.1, 0.15) is 18.3 Å². The normalized spacial score (nSPS) is 12.2. The first-order chi connectivity index (χ1) is 21.1. The van der Waals surface area contributed by atoms with Crippen molar-refractivity contribution in [2.24, 2.45) is 0 Å². The fraction of sp³-hybridized carbons (Fsp3) is 0.412. The van der Waals surface area contributed by atoms with Crippen molar-refractivity contribution in [2.75, 3.05) is 32.2 Å². The van der Waals surface area contributed by atoms with Gasteiger partial charge in [-0.15, -0.1) is 0 Å². The van der Waals surface area contributed by atoms with Gasteiger partial charge in [0.2, 0.25) is 11.8 Å². The number of carbonyl (C=O) groups excluding carboxylic acids is 2. The molecule has 0 fully saturated rings. The molecule has 3 rings (SSSR count).